The number of aromatic nitrogens is 1. The van der Waals surface area contributed by atoms with Crippen LogP contribution in [0.1, 0.15) is 27.7 Å². The van der Waals surface area contributed by atoms with Gasteiger partial charge in [-0.15, -0.1) is 22.7 Å². The molecular formula is C22H20N2O3S3. The van der Waals surface area contributed by atoms with Crippen molar-refractivity contribution in [3.63, 3.8) is 0 Å². The molecule has 4 aromatic rings. The number of carbonyl (C=O) groups is 1. The number of sulfone groups is 1. The van der Waals surface area contributed by atoms with Crippen LogP contribution in [0.2, 0.25) is 0 Å². The van der Waals surface area contributed by atoms with Crippen LogP contribution in [-0.2, 0) is 9.84 Å². The van der Waals surface area contributed by atoms with Crippen molar-refractivity contribution in [3.05, 3.63) is 64.5 Å². The van der Waals surface area contributed by atoms with E-state index in [1.165, 1.54) is 23.5 Å². The number of nitrogens with zero attached hydrogens (tertiary/aromatic N) is 1. The first kappa shape index (κ1) is 20.7. The summed E-state index contributed by atoms with van der Waals surface area (Å²) in [7, 11) is -3.38. The monoisotopic (exact) mass is 456 g/mol. The van der Waals surface area contributed by atoms with E-state index in [0.717, 1.165) is 36.2 Å². The highest BCUT2D eigenvalue weighted by molar-refractivity contribution is 7.91. The molecule has 0 saturated carbocycles. The quantitative estimate of drug-likeness (QED) is 0.419. The molecule has 1 amide bonds. The van der Waals surface area contributed by atoms with Gasteiger partial charge in [-0.25, -0.2) is 13.4 Å². The van der Waals surface area contributed by atoms with Gasteiger partial charge in [-0.3, -0.25) is 4.79 Å². The summed E-state index contributed by atoms with van der Waals surface area (Å²) in [6.45, 7) is 5.63. The second-order valence-electron chi connectivity index (χ2n) is 6.86. The van der Waals surface area contributed by atoms with Gasteiger partial charge in [-0.2, -0.15) is 0 Å². The first-order valence-corrected chi connectivity index (χ1v) is 12.7. The maximum Gasteiger partial charge on any atom is 0.256 e. The lowest BCUT2D eigenvalue weighted by molar-refractivity contribution is 0.102. The number of thiazole rings is 1. The summed E-state index contributed by atoms with van der Waals surface area (Å²) in [6, 6.07) is 14.1. The van der Waals surface area contributed by atoms with Crippen molar-refractivity contribution < 1.29 is 13.2 Å². The first-order chi connectivity index (χ1) is 14.3. The number of fused-ring (bicyclic) bond motifs is 1. The maximum atomic E-state index is 12.9. The van der Waals surface area contributed by atoms with Gasteiger partial charge in [0.15, 0.2) is 9.84 Å². The van der Waals surface area contributed by atoms with Crippen LogP contribution >= 0.6 is 22.7 Å². The number of rotatable bonds is 5. The van der Waals surface area contributed by atoms with Crippen molar-refractivity contribution in [2.45, 2.75) is 25.7 Å². The fraction of sp³-hybridized carbons (Fsp3) is 0.182. The number of hydrogen-bond donors (Lipinski definition) is 1. The molecule has 8 heteroatoms. The Morgan fingerprint density at radius 2 is 1.83 bits per heavy atom. The minimum absolute atomic E-state index is 0.0108. The Morgan fingerprint density at radius 1 is 1.07 bits per heavy atom. The third kappa shape index (κ3) is 3.78. The normalized spacial score (nSPS) is 11.7. The van der Waals surface area contributed by atoms with Gasteiger partial charge in [0.05, 0.1) is 20.9 Å². The van der Waals surface area contributed by atoms with E-state index in [9.17, 15) is 13.2 Å². The lowest BCUT2D eigenvalue weighted by Gasteiger charge is -2.07. The Morgan fingerprint density at radius 3 is 2.57 bits per heavy atom. The predicted molar refractivity (Wildman–Crippen MR) is 125 cm³/mol. The van der Waals surface area contributed by atoms with Crippen LogP contribution in [0, 0.1) is 13.8 Å². The number of hydrogen-bond acceptors (Lipinski definition) is 6. The van der Waals surface area contributed by atoms with E-state index in [2.05, 4.69) is 5.32 Å². The van der Waals surface area contributed by atoms with Crippen LogP contribution in [0.15, 0.2) is 53.4 Å². The zero-order valence-corrected chi connectivity index (χ0v) is 19.2. The molecule has 0 bridgehead atoms. The number of para-hydroxylation sites is 1. The van der Waals surface area contributed by atoms with Crippen molar-refractivity contribution >= 4 is 53.6 Å². The van der Waals surface area contributed by atoms with Gasteiger partial charge in [0.25, 0.3) is 5.91 Å². The van der Waals surface area contributed by atoms with E-state index >= 15 is 0 Å². The van der Waals surface area contributed by atoms with E-state index in [1.807, 2.05) is 38.1 Å². The molecule has 0 spiro atoms. The second kappa shape index (κ2) is 7.94. The molecule has 30 heavy (non-hydrogen) atoms. The average molecular weight is 457 g/mol. The third-order valence-corrected chi connectivity index (χ3v) is 8.86. The largest absolute Gasteiger partial charge is 0.313 e. The molecular weight excluding hydrogens is 436 g/mol. The van der Waals surface area contributed by atoms with Crippen LogP contribution in [0.5, 0.6) is 0 Å². The van der Waals surface area contributed by atoms with Crippen molar-refractivity contribution in [1.29, 1.82) is 0 Å². The molecule has 0 fully saturated rings. The van der Waals surface area contributed by atoms with E-state index in [4.69, 9.17) is 4.98 Å². The number of aryl methyl sites for hydroxylation is 1. The smallest absolute Gasteiger partial charge is 0.256 e. The lowest BCUT2D eigenvalue weighted by atomic mass is 10.1. The summed E-state index contributed by atoms with van der Waals surface area (Å²) in [6.07, 6.45) is 0. The summed E-state index contributed by atoms with van der Waals surface area (Å²) in [5, 5.41) is 4.56. The Hall–Kier alpha value is -2.55. The van der Waals surface area contributed by atoms with Gasteiger partial charge in [-0.05, 0) is 49.7 Å². The second-order valence-corrected chi connectivity index (χ2v) is 11.4. The molecule has 0 radical (unpaired) electrons. The van der Waals surface area contributed by atoms with Crippen molar-refractivity contribution in [3.8, 4) is 10.6 Å². The summed E-state index contributed by atoms with van der Waals surface area (Å²) < 4.78 is 25.4. The molecule has 0 atom stereocenters. The molecule has 0 aliphatic rings. The van der Waals surface area contributed by atoms with Gasteiger partial charge >= 0.3 is 0 Å². The fourth-order valence-electron chi connectivity index (χ4n) is 3.12. The average Bonchev–Trinajstić information content (AvgIpc) is 3.28. The van der Waals surface area contributed by atoms with Crippen molar-refractivity contribution in [1.82, 2.24) is 4.98 Å². The number of thiophene rings is 1. The van der Waals surface area contributed by atoms with E-state index < -0.39 is 9.84 Å². The zero-order valence-electron chi connectivity index (χ0n) is 16.7. The van der Waals surface area contributed by atoms with Crippen LogP contribution in [-0.4, -0.2) is 25.1 Å². The highest BCUT2D eigenvalue weighted by atomic mass is 32.2. The third-order valence-electron chi connectivity index (χ3n) is 4.96. The minimum atomic E-state index is -3.38. The van der Waals surface area contributed by atoms with Gasteiger partial charge in [0, 0.05) is 16.0 Å². The first-order valence-electron chi connectivity index (χ1n) is 9.40. The molecule has 1 N–H and O–H groups in total. The predicted octanol–water partition coefficient (Wildman–Crippen LogP) is 5.69. The Kier molecular flexibility index (Phi) is 5.48. The van der Waals surface area contributed by atoms with E-state index in [0.29, 0.717) is 5.56 Å². The Balaban J connectivity index is 1.72. The standard InChI is InChI=1S/C22H20N2O3S3/c1-4-30(26,27)16-9-7-8-15(12-16)20(25)24-22-19(13(2)14(3)28-22)21-23-17-10-5-6-11-18(17)29-21/h5-12H,4H2,1-3H3,(H,24,25). The summed E-state index contributed by atoms with van der Waals surface area (Å²) in [5.41, 5.74) is 3.24. The van der Waals surface area contributed by atoms with E-state index in [-0.39, 0.29) is 16.6 Å². The fourth-order valence-corrected chi connectivity index (χ4v) is 6.25. The summed E-state index contributed by atoms with van der Waals surface area (Å²) >= 11 is 3.09. The van der Waals surface area contributed by atoms with Gasteiger partial charge < -0.3 is 5.32 Å². The lowest BCUT2D eigenvalue weighted by Crippen LogP contribution is -2.13. The van der Waals surface area contributed by atoms with Gasteiger partial charge in [-0.1, -0.05) is 25.1 Å². The molecule has 2 aromatic heterocycles. The SMILES string of the molecule is CCS(=O)(=O)c1cccc(C(=O)Nc2sc(C)c(C)c2-c2nc3ccccc3s2)c1. The molecule has 2 heterocycles. The number of carbonyl (C=O) groups excluding carboxylic acids is 1. The molecule has 0 unspecified atom stereocenters. The van der Waals surface area contributed by atoms with Crippen molar-refractivity contribution in [2.24, 2.45) is 0 Å². The molecule has 4 rings (SSSR count). The van der Waals surface area contributed by atoms with Gasteiger partial charge in [0.1, 0.15) is 10.0 Å². The number of benzene rings is 2. The van der Waals surface area contributed by atoms with Crippen LogP contribution in [0.3, 0.4) is 0 Å². The number of anilines is 1. The highest BCUT2D eigenvalue weighted by Gasteiger charge is 2.21. The number of nitrogens with one attached hydrogen (secondary N) is 1. The molecule has 154 valence electrons. The molecule has 0 aliphatic carbocycles. The van der Waals surface area contributed by atoms with Crippen LogP contribution in [0.4, 0.5) is 5.00 Å². The minimum Gasteiger partial charge on any atom is -0.313 e. The number of amides is 1. The van der Waals surface area contributed by atoms with Gasteiger partial charge in [0.2, 0.25) is 0 Å². The topological polar surface area (TPSA) is 76.1 Å². The maximum absolute atomic E-state index is 12.9. The zero-order chi connectivity index (χ0) is 21.5. The molecule has 0 aliphatic heterocycles. The Labute approximate surface area is 183 Å². The molecule has 0 saturated heterocycles. The van der Waals surface area contributed by atoms with Crippen LogP contribution in [0.25, 0.3) is 20.8 Å². The van der Waals surface area contributed by atoms with E-state index in [1.54, 1.807) is 30.4 Å². The summed E-state index contributed by atoms with van der Waals surface area (Å²) in [5.74, 6) is -0.352. The summed E-state index contributed by atoms with van der Waals surface area (Å²) in [4.78, 5) is 18.9. The highest BCUT2D eigenvalue weighted by Crippen LogP contribution is 2.43. The molecule has 2 aromatic carbocycles. The molecule has 5 nitrogen and oxygen atoms in total. The van der Waals surface area contributed by atoms with Crippen molar-refractivity contribution in [2.75, 3.05) is 11.1 Å². The van der Waals surface area contributed by atoms with Crippen LogP contribution < -0.4 is 5.32 Å². The Bertz CT molecular complexity index is 1330.